The van der Waals surface area contributed by atoms with Crippen LogP contribution in [0.15, 0.2) is 53.6 Å². The van der Waals surface area contributed by atoms with Crippen molar-refractivity contribution in [3.63, 3.8) is 0 Å². The molecule has 25 heavy (non-hydrogen) atoms. The summed E-state index contributed by atoms with van der Waals surface area (Å²) in [6.07, 6.45) is -9.26. The number of para-hydroxylation sites is 1. The van der Waals surface area contributed by atoms with Crippen molar-refractivity contribution in [2.24, 2.45) is 5.10 Å². The Kier molecular flexibility index (Phi) is 3.97. The van der Waals surface area contributed by atoms with Crippen molar-refractivity contribution in [2.45, 2.75) is 12.4 Å². The summed E-state index contributed by atoms with van der Waals surface area (Å²) in [5, 5.41) is 4.49. The van der Waals surface area contributed by atoms with Crippen molar-refractivity contribution in [1.29, 1.82) is 0 Å². The molecule has 0 saturated heterocycles. The Morgan fingerprint density at radius 2 is 1.32 bits per heavy atom. The van der Waals surface area contributed by atoms with Gasteiger partial charge in [0, 0.05) is 5.56 Å². The van der Waals surface area contributed by atoms with Gasteiger partial charge in [0.1, 0.15) is 0 Å². The van der Waals surface area contributed by atoms with Crippen LogP contribution in [0.1, 0.15) is 16.7 Å². The van der Waals surface area contributed by atoms with Gasteiger partial charge in [0.05, 0.1) is 16.8 Å². The summed E-state index contributed by atoms with van der Waals surface area (Å²) < 4.78 is 78.5. The van der Waals surface area contributed by atoms with E-state index in [0.29, 0.717) is 0 Å². The predicted molar refractivity (Wildman–Crippen MR) is 78.2 cm³/mol. The minimum atomic E-state index is -4.63. The summed E-state index contributed by atoms with van der Waals surface area (Å²) in [6.45, 7) is 0. The largest absolute Gasteiger partial charge is 0.418 e. The molecule has 0 atom stereocenters. The fourth-order valence-electron chi connectivity index (χ4n) is 2.34. The molecule has 3 rings (SSSR count). The Hall–Kier alpha value is -2.91. The summed E-state index contributed by atoms with van der Waals surface area (Å²) in [5.74, 6) is -0.245. The zero-order valence-corrected chi connectivity index (χ0v) is 12.3. The van der Waals surface area contributed by atoms with Crippen LogP contribution in [0.2, 0.25) is 0 Å². The van der Waals surface area contributed by atoms with Crippen LogP contribution < -0.4 is 16.1 Å². The molecule has 2 N–H and O–H groups in total. The van der Waals surface area contributed by atoms with Crippen molar-refractivity contribution in [3.8, 4) is 0 Å². The maximum atomic E-state index is 13.1. The van der Waals surface area contributed by atoms with Crippen LogP contribution in [-0.2, 0) is 12.4 Å². The van der Waals surface area contributed by atoms with Crippen LogP contribution in [0.25, 0.3) is 0 Å². The molecule has 0 amide bonds. The van der Waals surface area contributed by atoms with E-state index in [1.807, 2.05) is 0 Å². The van der Waals surface area contributed by atoms with Gasteiger partial charge < -0.3 is 0 Å². The highest BCUT2D eigenvalue weighted by atomic mass is 19.4. The van der Waals surface area contributed by atoms with E-state index in [4.69, 9.17) is 0 Å². The summed E-state index contributed by atoms with van der Waals surface area (Å²) in [5.41, 5.74) is 2.16. The Balaban J connectivity index is 1.92. The first-order valence-corrected chi connectivity index (χ1v) is 6.91. The van der Waals surface area contributed by atoms with Crippen molar-refractivity contribution in [3.05, 3.63) is 65.2 Å². The van der Waals surface area contributed by atoms with Gasteiger partial charge in [-0.25, -0.2) is 0 Å². The number of hydrazone groups is 1. The number of anilines is 1. The molecule has 0 spiro atoms. The lowest BCUT2D eigenvalue weighted by Gasteiger charge is -2.22. The van der Waals surface area contributed by atoms with Crippen molar-refractivity contribution in [2.75, 3.05) is 5.12 Å². The lowest BCUT2D eigenvalue weighted by molar-refractivity contribution is -0.138. The van der Waals surface area contributed by atoms with Gasteiger partial charge in [-0.15, -0.1) is 5.10 Å². The minimum Gasteiger partial charge on any atom is -0.259 e. The van der Waals surface area contributed by atoms with Crippen LogP contribution in [0, 0.1) is 0 Å². The smallest absolute Gasteiger partial charge is 0.259 e. The van der Waals surface area contributed by atoms with Crippen molar-refractivity contribution < 1.29 is 26.3 Å². The molecule has 0 fully saturated rings. The Morgan fingerprint density at radius 1 is 0.760 bits per heavy atom. The molecule has 0 aliphatic carbocycles. The normalized spacial score (nSPS) is 14.8. The van der Waals surface area contributed by atoms with E-state index in [2.05, 4.69) is 16.1 Å². The molecule has 2 aromatic carbocycles. The van der Waals surface area contributed by atoms with Gasteiger partial charge in [0.25, 0.3) is 0 Å². The Morgan fingerprint density at radius 3 is 1.96 bits per heavy atom. The van der Waals surface area contributed by atoms with Crippen LogP contribution in [0.3, 0.4) is 0 Å². The first kappa shape index (κ1) is 16.9. The predicted octanol–water partition coefficient (Wildman–Crippen LogP) is 3.92. The molecule has 0 bridgehead atoms. The first-order chi connectivity index (χ1) is 11.7. The van der Waals surface area contributed by atoms with E-state index in [9.17, 15) is 26.3 Å². The number of hydrazine groups is 2. The standard InChI is InChI=1S/C15H10F6N4/c16-14(17,18)10-6-2-1-5-9(10)13-22-24-25(23-13)12-8-4-3-7-11(12)15(19,20)21/h1-8,24H,(H,22,23). The van der Waals surface area contributed by atoms with E-state index < -0.39 is 23.5 Å². The lowest BCUT2D eigenvalue weighted by Crippen LogP contribution is -2.43. The highest BCUT2D eigenvalue weighted by molar-refractivity contribution is 6.01. The number of hydrogen-bond donors (Lipinski definition) is 2. The Bertz CT molecular complexity index is 812. The molecule has 10 heteroatoms. The second-order valence-corrected chi connectivity index (χ2v) is 5.07. The molecule has 1 aliphatic heterocycles. The maximum Gasteiger partial charge on any atom is 0.418 e. The fraction of sp³-hybridized carbons (Fsp3) is 0.133. The third-order valence-electron chi connectivity index (χ3n) is 3.42. The van der Waals surface area contributed by atoms with Gasteiger partial charge in [-0.1, -0.05) is 30.3 Å². The number of nitrogens with zero attached hydrogens (tertiary/aromatic N) is 2. The van der Waals surface area contributed by atoms with E-state index in [0.717, 1.165) is 23.3 Å². The third-order valence-corrected chi connectivity index (χ3v) is 3.42. The monoisotopic (exact) mass is 360 g/mol. The summed E-state index contributed by atoms with van der Waals surface area (Å²) in [7, 11) is 0. The molecule has 2 aromatic rings. The second kappa shape index (κ2) is 5.87. The van der Waals surface area contributed by atoms with E-state index in [1.165, 1.54) is 30.3 Å². The number of benzene rings is 2. The van der Waals surface area contributed by atoms with Gasteiger partial charge in [-0.3, -0.25) is 5.43 Å². The van der Waals surface area contributed by atoms with E-state index in [-0.39, 0.29) is 17.1 Å². The number of nitrogens with one attached hydrogen (secondary N) is 2. The molecule has 132 valence electrons. The molecule has 0 unspecified atom stereocenters. The van der Waals surface area contributed by atoms with Crippen LogP contribution in [0.4, 0.5) is 32.0 Å². The Labute approximate surface area is 137 Å². The first-order valence-electron chi connectivity index (χ1n) is 6.91. The summed E-state index contributed by atoms with van der Waals surface area (Å²) in [4.78, 5) is 0. The summed E-state index contributed by atoms with van der Waals surface area (Å²) >= 11 is 0. The average Bonchev–Trinajstić information content (AvgIpc) is 3.03. The van der Waals surface area contributed by atoms with Gasteiger partial charge >= 0.3 is 12.4 Å². The molecule has 1 heterocycles. The second-order valence-electron chi connectivity index (χ2n) is 5.07. The van der Waals surface area contributed by atoms with Crippen molar-refractivity contribution in [1.82, 2.24) is 11.0 Å². The highest BCUT2D eigenvalue weighted by Crippen LogP contribution is 2.36. The molecular formula is C15H10F6N4. The average molecular weight is 360 g/mol. The molecule has 0 aromatic heterocycles. The third kappa shape index (κ3) is 3.32. The zero-order chi connectivity index (χ0) is 18.2. The number of alkyl halides is 6. The lowest BCUT2D eigenvalue weighted by atomic mass is 10.1. The highest BCUT2D eigenvalue weighted by Gasteiger charge is 2.38. The quantitative estimate of drug-likeness (QED) is 0.798. The number of rotatable bonds is 2. The minimum absolute atomic E-state index is 0.245. The van der Waals surface area contributed by atoms with Gasteiger partial charge in [0.15, 0.2) is 5.84 Å². The molecule has 1 aliphatic rings. The topological polar surface area (TPSA) is 39.7 Å². The van der Waals surface area contributed by atoms with Gasteiger partial charge in [-0.05, 0) is 18.2 Å². The van der Waals surface area contributed by atoms with Crippen molar-refractivity contribution >= 4 is 11.5 Å². The van der Waals surface area contributed by atoms with Crippen LogP contribution in [0.5, 0.6) is 0 Å². The number of halogens is 6. The zero-order valence-electron chi connectivity index (χ0n) is 12.3. The molecular weight excluding hydrogens is 350 g/mol. The van der Waals surface area contributed by atoms with Gasteiger partial charge in [0.2, 0.25) is 0 Å². The maximum absolute atomic E-state index is 13.1. The SMILES string of the molecule is FC(F)(F)c1ccccc1C1=NNN(c2ccccc2C(F)(F)F)N1. The fourth-order valence-corrected chi connectivity index (χ4v) is 2.34. The van der Waals surface area contributed by atoms with E-state index in [1.54, 1.807) is 0 Å². The molecule has 0 radical (unpaired) electrons. The summed E-state index contributed by atoms with van der Waals surface area (Å²) in [6, 6.07) is 9.24. The number of hydrogen-bond acceptors (Lipinski definition) is 4. The number of amidine groups is 1. The van der Waals surface area contributed by atoms with Gasteiger partial charge in [-0.2, -0.15) is 37.0 Å². The van der Waals surface area contributed by atoms with Crippen LogP contribution >= 0.6 is 0 Å². The molecule has 4 nitrogen and oxygen atoms in total. The van der Waals surface area contributed by atoms with Crippen LogP contribution in [-0.4, -0.2) is 5.84 Å². The molecule has 0 saturated carbocycles. The van der Waals surface area contributed by atoms with E-state index >= 15 is 0 Å².